The van der Waals surface area contributed by atoms with Crippen LogP contribution in [0.4, 0.5) is 0 Å². The van der Waals surface area contributed by atoms with Gasteiger partial charge in [0.1, 0.15) is 11.2 Å². The zero-order valence-electron chi connectivity index (χ0n) is 16.5. The molecule has 152 valence electrons. The predicted octanol–water partition coefficient (Wildman–Crippen LogP) is 2.87. The molecule has 0 saturated carbocycles. The number of benzene rings is 1. The average Bonchev–Trinajstić information content (AvgIpc) is 3.22. The minimum absolute atomic E-state index is 0.0258. The first-order chi connectivity index (χ1) is 14.1. The third-order valence-corrected chi connectivity index (χ3v) is 6.61. The van der Waals surface area contributed by atoms with Gasteiger partial charge in [0.15, 0.2) is 0 Å². The molecule has 1 aliphatic heterocycles. The van der Waals surface area contributed by atoms with Crippen molar-refractivity contribution in [2.24, 2.45) is 0 Å². The minimum Gasteiger partial charge on any atom is -0.338 e. The monoisotopic (exact) mass is 411 g/mol. The van der Waals surface area contributed by atoms with E-state index < -0.39 is 5.69 Å². The van der Waals surface area contributed by atoms with Gasteiger partial charge >= 0.3 is 5.69 Å². The molecule has 1 aliphatic rings. The van der Waals surface area contributed by atoms with E-state index in [1.165, 1.54) is 20.5 Å². The topological polar surface area (TPSA) is 64.3 Å². The fraction of sp³-hybridized carbons (Fsp3) is 0.409. The van der Waals surface area contributed by atoms with Crippen LogP contribution in [-0.4, -0.2) is 32.5 Å². The van der Waals surface area contributed by atoms with Crippen molar-refractivity contribution in [1.29, 1.82) is 0 Å². The number of fused-ring (bicyclic) bond motifs is 1. The van der Waals surface area contributed by atoms with Gasteiger partial charge in [0, 0.05) is 19.1 Å². The number of aromatic nitrogens is 2. The highest BCUT2D eigenvalue weighted by atomic mass is 32.1. The smallest absolute Gasteiger partial charge is 0.332 e. The summed E-state index contributed by atoms with van der Waals surface area (Å²) in [4.78, 5) is 40.9. The largest absolute Gasteiger partial charge is 0.338 e. The number of carbonyl (C=O) groups is 1. The maximum Gasteiger partial charge on any atom is 0.332 e. The third kappa shape index (κ3) is 3.92. The fourth-order valence-electron chi connectivity index (χ4n) is 4.06. The van der Waals surface area contributed by atoms with Gasteiger partial charge in [-0.05, 0) is 49.6 Å². The first-order valence-corrected chi connectivity index (χ1v) is 11.0. The second-order valence-corrected chi connectivity index (χ2v) is 8.54. The molecule has 0 aliphatic carbocycles. The first kappa shape index (κ1) is 19.6. The highest BCUT2D eigenvalue weighted by Crippen LogP contribution is 2.19. The summed E-state index contributed by atoms with van der Waals surface area (Å²) in [6.07, 6.45) is 3.70. The van der Waals surface area contributed by atoms with Crippen molar-refractivity contribution in [2.75, 3.05) is 6.54 Å². The molecule has 6 nitrogen and oxygen atoms in total. The van der Waals surface area contributed by atoms with Crippen molar-refractivity contribution < 1.29 is 4.79 Å². The van der Waals surface area contributed by atoms with Crippen molar-refractivity contribution in [1.82, 2.24) is 14.0 Å². The summed E-state index contributed by atoms with van der Waals surface area (Å²) in [5, 5.41) is 1.80. The van der Waals surface area contributed by atoms with Gasteiger partial charge < -0.3 is 4.90 Å². The number of nitrogens with zero attached hydrogens (tertiary/aromatic N) is 3. The minimum atomic E-state index is -0.408. The SMILES string of the molecule is C[C@H]1CCCCN1C(=O)Cn1c(=O)n(CCc2ccccc2)c(=O)c2sccc21. The Hall–Kier alpha value is -2.67. The van der Waals surface area contributed by atoms with Crippen LogP contribution in [-0.2, 0) is 24.3 Å². The lowest BCUT2D eigenvalue weighted by Gasteiger charge is -2.33. The molecule has 4 rings (SSSR count). The average molecular weight is 412 g/mol. The zero-order chi connectivity index (χ0) is 20.4. The molecule has 0 spiro atoms. The van der Waals surface area contributed by atoms with E-state index in [0.717, 1.165) is 31.4 Å². The maximum absolute atomic E-state index is 13.2. The lowest BCUT2D eigenvalue weighted by molar-refractivity contribution is -0.135. The van der Waals surface area contributed by atoms with Crippen molar-refractivity contribution in [3.8, 4) is 0 Å². The van der Waals surface area contributed by atoms with Gasteiger partial charge in [0.2, 0.25) is 5.91 Å². The van der Waals surface area contributed by atoms with Gasteiger partial charge in [-0.25, -0.2) is 4.79 Å². The number of carbonyl (C=O) groups excluding carboxylic acids is 1. The summed E-state index contributed by atoms with van der Waals surface area (Å²) in [6, 6.07) is 11.7. The van der Waals surface area contributed by atoms with Crippen LogP contribution < -0.4 is 11.2 Å². The van der Waals surface area contributed by atoms with Crippen LogP contribution in [0.5, 0.6) is 0 Å². The summed E-state index contributed by atoms with van der Waals surface area (Å²) in [7, 11) is 0. The number of thiophene rings is 1. The van der Waals surface area contributed by atoms with Crippen LogP contribution >= 0.6 is 11.3 Å². The second-order valence-electron chi connectivity index (χ2n) is 7.63. The van der Waals surface area contributed by atoms with Crippen LogP contribution in [0.1, 0.15) is 31.7 Å². The molecular formula is C22H25N3O3S. The number of hydrogen-bond acceptors (Lipinski definition) is 4. The summed E-state index contributed by atoms with van der Waals surface area (Å²) in [6.45, 7) is 3.06. The van der Waals surface area contributed by atoms with Gasteiger partial charge in [0.25, 0.3) is 5.56 Å². The van der Waals surface area contributed by atoms with Crippen LogP contribution in [0.25, 0.3) is 10.2 Å². The summed E-state index contributed by atoms with van der Waals surface area (Å²) in [5.41, 5.74) is 0.939. The molecule has 2 aromatic heterocycles. The highest BCUT2D eigenvalue weighted by Gasteiger charge is 2.25. The van der Waals surface area contributed by atoms with Gasteiger partial charge in [-0.3, -0.25) is 18.7 Å². The molecule has 1 fully saturated rings. The van der Waals surface area contributed by atoms with Crippen molar-refractivity contribution >= 4 is 27.5 Å². The summed E-state index contributed by atoms with van der Waals surface area (Å²) >= 11 is 1.32. The molecule has 7 heteroatoms. The molecule has 1 aromatic carbocycles. The van der Waals surface area contributed by atoms with E-state index in [2.05, 4.69) is 6.92 Å². The number of rotatable bonds is 5. The number of amides is 1. The van der Waals surface area contributed by atoms with E-state index in [1.807, 2.05) is 35.2 Å². The van der Waals surface area contributed by atoms with Gasteiger partial charge in [-0.1, -0.05) is 30.3 Å². The Morgan fingerprint density at radius 3 is 2.66 bits per heavy atom. The van der Waals surface area contributed by atoms with E-state index in [0.29, 0.717) is 23.2 Å². The van der Waals surface area contributed by atoms with E-state index in [-0.39, 0.29) is 24.1 Å². The van der Waals surface area contributed by atoms with Gasteiger partial charge in [-0.2, -0.15) is 0 Å². The summed E-state index contributed by atoms with van der Waals surface area (Å²) in [5.74, 6) is -0.0555. The number of aryl methyl sites for hydroxylation is 1. The molecule has 0 unspecified atom stereocenters. The lowest BCUT2D eigenvalue weighted by Crippen LogP contribution is -2.47. The quantitative estimate of drug-likeness (QED) is 0.649. The Morgan fingerprint density at radius 1 is 1.10 bits per heavy atom. The Balaban J connectivity index is 1.68. The van der Waals surface area contributed by atoms with Gasteiger partial charge in [-0.15, -0.1) is 11.3 Å². The van der Waals surface area contributed by atoms with E-state index in [9.17, 15) is 14.4 Å². The van der Waals surface area contributed by atoms with E-state index >= 15 is 0 Å². The molecule has 1 saturated heterocycles. The van der Waals surface area contributed by atoms with Crippen molar-refractivity contribution in [3.63, 3.8) is 0 Å². The molecule has 1 atom stereocenters. The van der Waals surface area contributed by atoms with Crippen LogP contribution in [0.2, 0.25) is 0 Å². The Labute approximate surface area is 173 Å². The number of piperidine rings is 1. The van der Waals surface area contributed by atoms with Crippen molar-refractivity contribution in [3.05, 3.63) is 68.2 Å². The maximum atomic E-state index is 13.2. The molecule has 3 heterocycles. The first-order valence-electron chi connectivity index (χ1n) is 10.1. The Morgan fingerprint density at radius 2 is 1.90 bits per heavy atom. The molecule has 0 N–H and O–H groups in total. The Bertz CT molecular complexity index is 1130. The fourth-order valence-corrected chi connectivity index (χ4v) is 4.91. The highest BCUT2D eigenvalue weighted by molar-refractivity contribution is 7.17. The third-order valence-electron chi connectivity index (χ3n) is 5.72. The van der Waals surface area contributed by atoms with Crippen molar-refractivity contribution in [2.45, 2.75) is 51.7 Å². The van der Waals surface area contributed by atoms with Gasteiger partial charge in [0.05, 0.1) is 5.52 Å². The molecule has 0 bridgehead atoms. The van der Waals surface area contributed by atoms with Crippen LogP contribution in [0.3, 0.4) is 0 Å². The summed E-state index contributed by atoms with van der Waals surface area (Å²) < 4.78 is 3.28. The van der Waals surface area contributed by atoms with Crippen LogP contribution in [0.15, 0.2) is 51.4 Å². The lowest BCUT2D eigenvalue weighted by atomic mass is 10.0. The molecular weight excluding hydrogens is 386 g/mol. The standard InChI is InChI=1S/C22H25N3O3S/c1-16-7-5-6-12-23(16)19(26)15-25-18-11-14-29-20(18)21(27)24(22(25)28)13-10-17-8-3-2-4-9-17/h2-4,8-9,11,14,16H,5-7,10,12-13,15H2,1H3/t16-/m0/s1. The molecule has 0 radical (unpaired) electrons. The van der Waals surface area contributed by atoms with Crippen LogP contribution in [0, 0.1) is 0 Å². The van der Waals surface area contributed by atoms with E-state index in [1.54, 1.807) is 11.4 Å². The van der Waals surface area contributed by atoms with E-state index in [4.69, 9.17) is 0 Å². The molecule has 29 heavy (non-hydrogen) atoms. The number of hydrogen-bond donors (Lipinski definition) is 0. The number of likely N-dealkylation sites (tertiary alicyclic amines) is 1. The zero-order valence-corrected chi connectivity index (χ0v) is 17.4. The second kappa shape index (κ2) is 8.37. The Kier molecular flexibility index (Phi) is 5.67. The molecule has 1 amide bonds. The predicted molar refractivity (Wildman–Crippen MR) is 116 cm³/mol. The molecule has 3 aromatic rings. The normalized spacial score (nSPS) is 17.0.